The van der Waals surface area contributed by atoms with Gasteiger partial charge in [0.2, 0.25) is 6.79 Å². The Bertz CT molecular complexity index is 1200. The van der Waals surface area contributed by atoms with Crippen molar-refractivity contribution in [3.63, 3.8) is 0 Å². The smallest absolute Gasteiger partial charge is 0.266 e. The topological polar surface area (TPSA) is 76.3 Å². The van der Waals surface area contributed by atoms with Gasteiger partial charge in [0.15, 0.2) is 11.5 Å². The summed E-state index contributed by atoms with van der Waals surface area (Å²) in [6, 6.07) is 16.9. The number of aryl methyl sites for hydroxylation is 1. The first-order valence-corrected chi connectivity index (χ1v) is 10.0. The fraction of sp³-hybridized carbons (Fsp3) is 0.130. The molecule has 3 aromatic rings. The number of carbonyl (C=O) groups is 1. The lowest BCUT2D eigenvalue weighted by atomic mass is 10.1. The molecule has 1 aliphatic rings. The van der Waals surface area contributed by atoms with E-state index in [1.54, 1.807) is 18.2 Å². The zero-order valence-electron chi connectivity index (χ0n) is 16.4. The first-order valence-electron chi connectivity index (χ1n) is 9.24. The van der Waals surface area contributed by atoms with Gasteiger partial charge in [0.25, 0.3) is 5.91 Å². The minimum absolute atomic E-state index is 0.0313. The molecule has 2 heterocycles. The number of nitriles is 1. The second-order valence-corrected chi connectivity index (χ2v) is 7.75. The molecule has 2 aromatic carbocycles. The first-order chi connectivity index (χ1) is 14.5. The number of aromatic nitrogens is 1. The molecule has 0 bridgehead atoms. The molecule has 1 aromatic heterocycles. The van der Waals surface area contributed by atoms with E-state index in [9.17, 15) is 10.1 Å². The molecular formula is C23H18BrN3O3. The van der Waals surface area contributed by atoms with Crippen molar-refractivity contribution in [1.29, 1.82) is 5.26 Å². The molecule has 1 N–H and O–H groups in total. The molecule has 6 nitrogen and oxygen atoms in total. The van der Waals surface area contributed by atoms with Gasteiger partial charge in [-0.05, 0) is 68.0 Å². The number of rotatable bonds is 4. The number of benzene rings is 2. The maximum Gasteiger partial charge on any atom is 0.266 e. The van der Waals surface area contributed by atoms with E-state index >= 15 is 0 Å². The molecule has 150 valence electrons. The summed E-state index contributed by atoms with van der Waals surface area (Å²) in [5, 5.41) is 12.3. The van der Waals surface area contributed by atoms with E-state index in [4.69, 9.17) is 9.47 Å². The summed E-state index contributed by atoms with van der Waals surface area (Å²) in [6.45, 7) is 4.14. The van der Waals surface area contributed by atoms with Crippen LogP contribution in [0.1, 0.15) is 17.0 Å². The Kier molecular flexibility index (Phi) is 5.34. The van der Waals surface area contributed by atoms with Crippen LogP contribution in [0.2, 0.25) is 0 Å². The Morgan fingerprint density at radius 1 is 1.13 bits per heavy atom. The lowest BCUT2D eigenvalue weighted by Gasteiger charge is -2.10. The second kappa shape index (κ2) is 8.09. The van der Waals surface area contributed by atoms with Crippen LogP contribution in [0.25, 0.3) is 11.8 Å². The van der Waals surface area contributed by atoms with Crippen molar-refractivity contribution in [3.05, 3.63) is 75.5 Å². The summed E-state index contributed by atoms with van der Waals surface area (Å²) in [5.74, 6) is 0.967. The number of ether oxygens (including phenoxy) is 2. The van der Waals surface area contributed by atoms with Crippen LogP contribution in [0.5, 0.6) is 11.5 Å². The Morgan fingerprint density at radius 3 is 2.60 bits per heavy atom. The molecular weight excluding hydrogens is 446 g/mol. The largest absolute Gasteiger partial charge is 0.454 e. The number of nitrogens with zero attached hydrogens (tertiary/aromatic N) is 2. The van der Waals surface area contributed by atoms with Crippen LogP contribution in [-0.4, -0.2) is 17.3 Å². The van der Waals surface area contributed by atoms with E-state index in [0.29, 0.717) is 11.4 Å². The number of hydrogen-bond acceptors (Lipinski definition) is 4. The SMILES string of the molecule is Cc1cc(/C=C(\C#N)C(=O)Nc2ccc(Br)cc2)c(C)n1-c1ccc2c(c1)OCO2. The Hall–Kier alpha value is -3.50. The van der Waals surface area contributed by atoms with Crippen molar-refractivity contribution in [2.75, 3.05) is 12.1 Å². The van der Waals surface area contributed by atoms with Crippen LogP contribution in [0.15, 0.2) is 58.6 Å². The van der Waals surface area contributed by atoms with Gasteiger partial charge >= 0.3 is 0 Å². The number of nitrogens with one attached hydrogen (secondary N) is 1. The summed E-state index contributed by atoms with van der Waals surface area (Å²) in [4.78, 5) is 12.6. The number of hydrogen-bond donors (Lipinski definition) is 1. The van der Waals surface area contributed by atoms with Crippen LogP contribution < -0.4 is 14.8 Å². The van der Waals surface area contributed by atoms with Crippen molar-refractivity contribution < 1.29 is 14.3 Å². The van der Waals surface area contributed by atoms with Gasteiger partial charge in [-0.25, -0.2) is 0 Å². The van der Waals surface area contributed by atoms with Gasteiger partial charge in [0, 0.05) is 33.3 Å². The molecule has 30 heavy (non-hydrogen) atoms. The lowest BCUT2D eigenvalue weighted by molar-refractivity contribution is -0.112. The molecule has 0 fully saturated rings. The maximum atomic E-state index is 12.6. The Balaban J connectivity index is 1.64. The van der Waals surface area contributed by atoms with E-state index in [1.807, 2.05) is 56.3 Å². The summed E-state index contributed by atoms with van der Waals surface area (Å²) in [5.41, 5.74) is 4.26. The van der Waals surface area contributed by atoms with E-state index in [2.05, 4.69) is 25.8 Å². The highest BCUT2D eigenvalue weighted by atomic mass is 79.9. The van der Waals surface area contributed by atoms with Gasteiger partial charge in [0.05, 0.1) is 0 Å². The zero-order chi connectivity index (χ0) is 21.3. The number of amides is 1. The average Bonchev–Trinajstić information content (AvgIpc) is 3.31. The van der Waals surface area contributed by atoms with E-state index < -0.39 is 5.91 Å². The quantitative estimate of drug-likeness (QED) is 0.429. The van der Waals surface area contributed by atoms with E-state index in [-0.39, 0.29) is 12.4 Å². The monoisotopic (exact) mass is 463 g/mol. The standard InChI is InChI=1S/C23H18BrN3O3/c1-14-9-16(10-17(12-25)23(28)26-19-5-3-18(24)4-6-19)15(2)27(14)20-7-8-21-22(11-20)30-13-29-21/h3-11H,13H2,1-2H3,(H,26,28)/b17-10+. The molecule has 0 saturated heterocycles. The van der Waals surface area contributed by atoms with Gasteiger partial charge in [-0.1, -0.05) is 15.9 Å². The minimum Gasteiger partial charge on any atom is -0.454 e. The number of carbonyl (C=O) groups excluding carboxylic acids is 1. The molecule has 0 atom stereocenters. The highest BCUT2D eigenvalue weighted by molar-refractivity contribution is 9.10. The predicted octanol–water partition coefficient (Wildman–Crippen LogP) is 5.13. The van der Waals surface area contributed by atoms with Crippen LogP contribution >= 0.6 is 15.9 Å². The van der Waals surface area contributed by atoms with Gasteiger partial charge in [-0.3, -0.25) is 4.79 Å². The van der Waals surface area contributed by atoms with E-state index in [1.165, 1.54) is 0 Å². The third-order valence-electron chi connectivity index (χ3n) is 4.85. The van der Waals surface area contributed by atoms with Crippen molar-refractivity contribution in [2.45, 2.75) is 13.8 Å². The molecule has 4 rings (SSSR count). The van der Waals surface area contributed by atoms with Gasteiger partial charge in [0.1, 0.15) is 11.6 Å². The highest BCUT2D eigenvalue weighted by Gasteiger charge is 2.17. The summed E-state index contributed by atoms with van der Waals surface area (Å²) >= 11 is 3.36. The molecule has 0 aliphatic carbocycles. The first kappa shape index (κ1) is 19.8. The fourth-order valence-electron chi connectivity index (χ4n) is 3.39. The Labute approximate surface area is 182 Å². The molecule has 0 saturated carbocycles. The van der Waals surface area contributed by atoms with Crippen LogP contribution in [0, 0.1) is 25.2 Å². The summed E-state index contributed by atoms with van der Waals surface area (Å²) in [6.07, 6.45) is 1.61. The highest BCUT2D eigenvalue weighted by Crippen LogP contribution is 2.35. The van der Waals surface area contributed by atoms with Crippen LogP contribution in [0.3, 0.4) is 0 Å². The van der Waals surface area contributed by atoms with Gasteiger partial charge in [-0.15, -0.1) is 0 Å². The van der Waals surface area contributed by atoms with Crippen molar-refractivity contribution in [2.24, 2.45) is 0 Å². The number of fused-ring (bicyclic) bond motifs is 1. The predicted molar refractivity (Wildman–Crippen MR) is 118 cm³/mol. The fourth-order valence-corrected chi connectivity index (χ4v) is 3.66. The van der Waals surface area contributed by atoms with Crippen LogP contribution in [-0.2, 0) is 4.79 Å². The summed E-state index contributed by atoms with van der Waals surface area (Å²) in [7, 11) is 0. The lowest BCUT2D eigenvalue weighted by Crippen LogP contribution is -2.13. The van der Waals surface area contributed by atoms with Crippen molar-refractivity contribution in [1.82, 2.24) is 4.57 Å². The van der Waals surface area contributed by atoms with E-state index in [0.717, 1.165) is 32.9 Å². The third kappa shape index (κ3) is 3.82. The molecule has 0 spiro atoms. The average molecular weight is 464 g/mol. The third-order valence-corrected chi connectivity index (χ3v) is 5.38. The molecule has 0 radical (unpaired) electrons. The van der Waals surface area contributed by atoms with Gasteiger partial charge < -0.3 is 19.4 Å². The molecule has 7 heteroatoms. The maximum absolute atomic E-state index is 12.6. The van der Waals surface area contributed by atoms with Crippen molar-refractivity contribution >= 4 is 33.6 Å². The molecule has 0 unspecified atom stereocenters. The Morgan fingerprint density at radius 2 is 1.87 bits per heavy atom. The van der Waals surface area contributed by atoms with Crippen LogP contribution in [0.4, 0.5) is 5.69 Å². The number of halogens is 1. The number of anilines is 1. The molecule has 1 amide bonds. The van der Waals surface area contributed by atoms with Gasteiger partial charge in [-0.2, -0.15) is 5.26 Å². The summed E-state index contributed by atoms with van der Waals surface area (Å²) < 4.78 is 13.8. The molecule has 1 aliphatic heterocycles. The minimum atomic E-state index is -0.451. The normalized spacial score (nSPS) is 12.5. The zero-order valence-corrected chi connectivity index (χ0v) is 18.0. The second-order valence-electron chi connectivity index (χ2n) is 6.83. The van der Waals surface area contributed by atoms with Crippen molar-refractivity contribution in [3.8, 4) is 23.3 Å².